The first-order valence-corrected chi connectivity index (χ1v) is 7.67. The summed E-state index contributed by atoms with van der Waals surface area (Å²) < 4.78 is 51.3. The molecule has 0 aliphatic rings. The lowest BCUT2D eigenvalue weighted by molar-refractivity contribution is -0.137. The first-order chi connectivity index (χ1) is 12.2. The fourth-order valence-corrected chi connectivity index (χ4v) is 2.25. The van der Waals surface area contributed by atoms with Crippen LogP contribution in [0.25, 0.3) is 0 Å². The van der Waals surface area contributed by atoms with E-state index >= 15 is 0 Å². The van der Waals surface area contributed by atoms with Gasteiger partial charge in [0.1, 0.15) is 5.82 Å². The summed E-state index contributed by atoms with van der Waals surface area (Å²) in [7, 11) is 0. The molecule has 0 saturated carbocycles. The molecule has 1 atom stereocenters. The average molecular weight is 368 g/mol. The van der Waals surface area contributed by atoms with Crippen LogP contribution in [0.1, 0.15) is 34.5 Å². The van der Waals surface area contributed by atoms with Gasteiger partial charge in [-0.3, -0.25) is 9.59 Å². The molecule has 0 bridgehead atoms. The van der Waals surface area contributed by atoms with Crippen molar-refractivity contribution in [3.05, 3.63) is 71.0 Å². The minimum atomic E-state index is -4.47. The first-order valence-electron chi connectivity index (χ1n) is 7.67. The number of alkyl halides is 3. The van der Waals surface area contributed by atoms with Crippen molar-refractivity contribution in [1.82, 2.24) is 10.6 Å². The second-order valence-electron chi connectivity index (χ2n) is 5.61. The number of hydrogen-bond donors (Lipinski definition) is 2. The van der Waals surface area contributed by atoms with Crippen molar-refractivity contribution in [2.24, 2.45) is 0 Å². The highest BCUT2D eigenvalue weighted by molar-refractivity contribution is 5.96. The lowest BCUT2D eigenvalue weighted by Crippen LogP contribution is -2.38. The average Bonchev–Trinajstić information content (AvgIpc) is 2.59. The molecule has 26 heavy (non-hydrogen) atoms. The third kappa shape index (κ3) is 5.30. The summed E-state index contributed by atoms with van der Waals surface area (Å²) >= 11 is 0. The highest BCUT2D eigenvalue weighted by Crippen LogP contribution is 2.30. The normalized spacial score (nSPS) is 12.3. The van der Waals surface area contributed by atoms with Crippen molar-refractivity contribution in [1.29, 1.82) is 0 Å². The summed E-state index contributed by atoms with van der Waals surface area (Å²) in [5.41, 5.74) is -0.469. The van der Waals surface area contributed by atoms with Gasteiger partial charge in [0.15, 0.2) is 0 Å². The molecule has 8 heteroatoms. The molecule has 0 saturated heterocycles. The van der Waals surface area contributed by atoms with Gasteiger partial charge in [0, 0.05) is 5.56 Å². The van der Waals surface area contributed by atoms with Crippen molar-refractivity contribution >= 4 is 11.8 Å². The van der Waals surface area contributed by atoms with Crippen LogP contribution in [-0.2, 0) is 11.0 Å². The zero-order chi connectivity index (χ0) is 19.3. The number of carbonyl (C=O) groups excluding carboxylic acids is 2. The van der Waals surface area contributed by atoms with Crippen LogP contribution in [0.3, 0.4) is 0 Å². The topological polar surface area (TPSA) is 58.2 Å². The van der Waals surface area contributed by atoms with E-state index < -0.39 is 42.0 Å². The maximum atomic E-state index is 13.1. The monoisotopic (exact) mass is 368 g/mol. The van der Waals surface area contributed by atoms with Gasteiger partial charge < -0.3 is 10.6 Å². The van der Waals surface area contributed by atoms with Crippen LogP contribution in [0.4, 0.5) is 17.6 Å². The van der Waals surface area contributed by atoms with E-state index in [1.165, 1.54) is 37.3 Å². The van der Waals surface area contributed by atoms with E-state index in [9.17, 15) is 27.2 Å². The van der Waals surface area contributed by atoms with Crippen LogP contribution in [0.15, 0.2) is 48.5 Å². The van der Waals surface area contributed by atoms with Crippen LogP contribution in [0.5, 0.6) is 0 Å². The summed E-state index contributed by atoms with van der Waals surface area (Å²) in [6, 6.07) is 8.89. The Hall–Kier alpha value is -2.90. The Bertz CT molecular complexity index is 806. The maximum absolute atomic E-state index is 13.1. The van der Waals surface area contributed by atoms with Crippen LogP contribution >= 0.6 is 0 Å². The molecular formula is C18H16F4N2O2. The second-order valence-corrected chi connectivity index (χ2v) is 5.61. The van der Waals surface area contributed by atoms with Crippen LogP contribution in [0.2, 0.25) is 0 Å². The zero-order valence-electron chi connectivity index (χ0n) is 13.7. The fraction of sp³-hybridized carbons (Fsp3) is 0.222. The van der Waals surface area contributed by atoms with Crippen molar-refractivity contribution < 1.29 is 27.2 Å². The first kappa shape index (κ1) is 19.4. The molecule has 0 aromatic heterocycles. The minimum Gasteiger partial charge on any atom is -0.348 e. The summed E-state index contributed by atoms with van der Waals surface area (Å²) in [5.74, 6) is -1.80. The van der Waals surface area contributed by atoms with Gasteiger partial charge in [-0.25, -0.2) is 4.39 Å². The van der Waals surface area contributed by atoms with Gasteiger partial charge in [0.05, 0.1) is 18.2 Å². The van der Waals surface area contributed by atoms with Gasteiger partial charge in [-0.1, -0.05) is 18.2 Å². The standard InChI is InChI=1S/C18H16F4N2O2/c1-11(12-4-2-6-14(8-12)18(20,21)22)24-16(25)10-23-17(26)13-5-3-7-15(19)9-13/h2-9,11H,10H2,1H3,(H,23,26)(H,24,25). The Kier molecular flexibility index (Phi) is 5.97. The number of nitrogens with one attached hydrogen (secondary N) is 2. The number of halogens is 4. The summed E-state index contributed by atoms with van der Waals surface area (Å²) in [6.07, 6.45) is -4.47. The molecule has 4 nitrogen and oxygen atoms in total. The molecular weight excluding hydrogens is 352 g/mol. The summed E-state index contributed by atoms with van der Waals surface area (Å²) in [4.78, 5) is 23.7. The summed E-state index contributed by atoms with van der Waals surface area (Å²) in [6.45, 7) is 1.14. The molecule has 0 spiro atoms. The van der Waals surface area contributed by atoms with Gasteiger partial charge in [0.2, 0.25) is 5.91 Å². The SMILES string of the molecule is CC(NC(=O)CNC(=O)c1cccc(F)c1)c1cccc(C(F)(F)F)c1. The molecule has 2 N–H and O–H groups in total. The lowest BCUT2D eigenvalue weighted by atomic mass is 10.0. The van der Waals surface area contributed by atoms with Crippen molar-refractivity contribution in [3.8, 4) is 0 Å². The number of hydrogen-bond acceptors (Lipinski definition) is 2. The molecule has 1 unspecified atom stereocenters. The fourth-order valence-electron chi connectivity index (χ4n) is 2.25. The molecule has 0 fully saturated rings. The predicted molar refractivity (Wildman–Crippen MR) is 86.7 cm³/mol. The van der Waals surface area contributed by atoms with Crippen molar-refractivity contribution in [2.45, 2.75) is 19.1 Å². The van der Waals surface area contributed by atoms with E-state index in [1.807, 2.05) is 0 Å². The van der Waals surface area contributed by atoms with Crippen LogP contribution in [-0.4, -0.2) is 18.4 Å². The largest absolute Gasteiger partial charge is 0.416 e. The molecule has 0 radical (unpaired) electrons. The Morgan fingerprint density at radius 3 is 2.42 bits per heavy atom. The molecule has 2 amide bonds. The van der Waals surface area contributed by atoms with E-state index in [1.54, 1.807) is 0 Å². The van der Waals surface area contributed by atoms with Crippen molar-refractivity contribution in [3.63, 3.8) is 0 Å². The van der Waals surface area contributed by atoms with Crippen LogP contribution < -0.4 is 10.6 Å². The Labute approximate surface area is 147 Å². The van der Waals surface area contributed by atoms with E-state index in [2.05, 4.69) is 10.6 Å². The molecule has 2 rings (SSSR count). The lowest BCUT2D eigenvalue weighted by Gasteiger charge is -2.16. The number of benzene rings is 2. The molecule has 138 valence electrons. The predicted octanol–water partition coefficient (Wildman–Crippen LogP) is 3.45. The van der Waals surface area contributed by atoms with E-state index in [4.69, 9.17) is 0 Å². The summed E-state index contributed by atoms with van der Waals surface area (Å²) in [5, 5.41) is 4.82. The second kappa shape index (κ2) is 7.99. The van der Waals surface area contributed by atoms with E-state index in [0.29, 0.717) is 0 Å². The van der Waals surface area contributed by atoms with E-state index in [-0.39, 0.29) is 11.1 Å². The Balaban J connectivity index is 1.92. The number of amides is 2. The Morgan fingerprint density at radius 1 is 1.08 bits per heavy atom. The molecule has 2 aromatic carbocycles. The van der Waals surface area contributed by atoms with Gasteiger partial charge in [-0.2, -0.15) is 13.2 Å². The zero-order valence-corrected chi connectivity index (χ0v) is 13.7. The van der Waals surface area contributed by atoms with E-state index in [0.717, 1.165) is 18.2 Å². The highest BCUT2D eigenvalue weighted by atomic mass is 19.4. The molecule has 0 aliphatic carbocycles. The molecule has 2 aromatic rings. The quantitative estimate of drug-likeness (QED) is 0.795. The third-order valence-electron chi connectivity index (χ3n) is 3.59. The smallest absolute Gasteiger partial charge is 0.348 e. The molecule has 0 heterocycles. The third-order valence-corrected chi connectivity index (χ3v) is 3.59. The van der Waals surface area contributed by atoms with Gasteiger partial charge in [-0.05, 0) is 42.8 Å². The number of carbonyl (C=O) groups is 2. The van der Waals surface area contributed by atoms with Gasteiger partial charge in [0.25, 0.3) is 5.91 Å². The van der Waals surface area contributed by atoms with Crippen molar-refractivity contribution in [2.75, 3.05) is 6.54 Å². The number of rotatable bonds is 5. The van der Waals surface area contributed by atoms with Crippen LogP contribution in [0, 0.1) is 5.82 Å². The molecule has 0 aliphatic heterocycles. The van der Waals surface area contributed by atoms with Gasteiger partial charge >= 0.3 is 6.18 Å². The minimum absolute atomic E-state index is 0.0590. The van der Waals surface area contributed by atoms with Gasteiger partial charge in [-0.15, -0.1) is 0 Å². The Morgan fingerprint density at radius 2 is 1.77 bits per heavy atom. The highest BCUT2D eigenvalue weighted by Gasteiger charge is 2.30. The maximum Gasteiger partial charge on any atom is 0.416 e.